The van der Waals surface area contributed by atoms with E-state index in [1.54, 1.807) is 0 Å². The number of anilines is 2. The second-order valence-corrected chi connectivity index (χ2v) is 8.69. The summed E-state index contributed by atoms with van der Waals surface area (Å²) in [5.74, 6) is 2.45. The van der Waals surface area contributed by atoms with Gasteiger partial charge in [0.15, 0.2) is 0 Å². The zero-order valence-electron chi connectivity index (χ0n) is 14.8. The Morgan fingerprint density at radius 2 is 1.69 bits per heavy atom. The maximum atomic E-state index is 5.99. The van der Waals surface area contributed by atoms with E-state index in [4.69, 9.17) is 14.5 Å². The number of pyridine rings is 2. The Labute approximate surface area is 152 Å². The number of hydrogen-bond acceptors (Lipinski definition) is 6. The molecule has 2 saturated carbocycles. The van der Waals surface area contributed by atoms with Gasteiger partial charge in [0.05, 0.1) is 36.1 Å². The Morgan fingerprint density at radius 1 is 1.00 bits per heavy atom. The van der Waals surface area contributed by atoms with Crippen molar-refractivity contribution in [1.29, 1.82) is 0 Å². The highest BCUT2D eigenvalue weighted by Crippen LogP contribution is 2.49. The zero-order valence-corrected chi connectivity index (χ0v) is 14.8. The molecule has 0 aromatic carbocycles. The molecule has 6 aliphatic rings. The summed E-state index contributed by atoms with van der Waals surface area (Å²) < 4.78 is 11.9. The first-order valence-electron chi connectivity index (χ1n) is 9.72. The van der Waals surface area contributed by atoms with E-state index in [2.05, 4.69) is 21.7 Å². The molecule has 26 heavy (non-hydrogen) atoms. The highest BCUT2D eigenvalue weighted by atomic mass is 16.5. The van der Waals surface area contributed by atoms with Gasteiger partial charge in [-0.25, -0.2) is 4.98 Å². The molecule has 0 radical (unpaired) electrons. The van der Waals surface area contributed by atoms with Crippen LogP contribution in [0.1, 0.15) is 25.7 Å². The predicted octanol–water partition coefficient (Wildman–Crippen LogP) is 2.81. The molecular formula is C20H24N4O2. The second kappa shape index (κ2) is 5.30. The van der Waals surface area contributed by atoms with Crippen LogP contribution in [-0.2, 0) is 9.47 Å². The highest BCUT2D eigenvalue weighted by Gasteiger charge is 2.52. The van der Waals surface area contributed by atoms with E-state index in [0.717, 1.165) is 60.5 Å². The van der Waals surface area contributed by atoms with Crippen molar-refractivity contribution < 1.29 is 9.47 Å². The van der Waals surface area contributed by atoms with Crippen molar-refractivity contribution in [1.82, 2.24) is 9.97 Å². The summed E-state index contributed by atoms with van der Waals surface area (Å²) in [5, 5.41) is 8.25. The van der Waals surface area contributed by atoms with Gasteiger partial charge in [0, 0.05) is 36.4 Å². The fourth-order valence-electron chi connectivity index (χ4n) is 5.26. The smallest absolute Gasteiger partial charge is 0.128 e. The van der Waals surface area contributed by atoms with Crippen LogP contribution in [0.25, 0.3) is 10.9 Å². The molecule has 0 unspecified atom stereocenters. The molecule has 136 valence electrons. The molecule has 0 spiro atoms. The van der Waals surface area contributed by atoms with Gasteiger partial charge in [-0.3, -0.25) is 4.98 Å². The van der Waals surface area contributed by atoms with E-state index in [1.807, 2.05) is 18.5 Å². The Morgan fingerprint density at radius 3 is 2.35 bits per heavy atom. The van der Waals surface area contributed by atoms with Crippen LogP contribution in [0.2, 0.25) is 0 Å². The molecule has 0 atom stereocenters. The number of rotatable bonds is 6. The van der Waals surface area contributed by atoms with Crippen LogP contribution in [0.3, 0.4) is 0 Å². The summed E-state index contributed by atoms with van der Waals surface area (Å²) in [7, 11) is 0. The Bertz CT molecular complexity index is 847. The lowest BCUT2D eigenvalue weighted by atomic mass is 9.74. The monoisotopic (exact) mass is 352 g/mol. The third kappa shape index (κ3) is 2.32. The predicted molar refractivity (Wildman–Crippen MR) is 99.3 cm³/mol. The van der Waals surface area contributed by atoms with Crippen LogP contribution in [0, 0.1) is 11.8 Å². The van der Waals surface area contributed by atoms with Crippen LogP contribution in [0.5, 0.6) is 0 Å². The lowest BCUT2D eigenvalue weighted by Gasteiger charge is -2.36. The van der Waals surface area contributed by atoms with Crippen molar-refractivity contribution in [2.75, 3.05) is 36.9 Å². The molecule has 6 heterocycles. The maximum absolute atomic E-state index is 5.99. The largest absolute Gasteiger partial charge is 0.381 e. The first-order chi connectivity index (χ1) is 12.7. The lowest BCUT2D eigenvalue weighted by molar-refractivity contribution is 0.0144. The summed E-state index contributed by atoms with van der Waals surface area (Å²) in [6.45, 7) is 3.54. The SMILES string of the molecule is c1cc2c(NCC34CC(CO3)C4)cc(NCC34CC(CO3)C4)nc2cn1. The molecule has 2 aliphatic carbocycles. The van der Waals surface area contributed by atoms with Gasteiger partial charge in [0.25, 0.3) is 0 Å². The molecule has 6 fully saturated rings. The molecule has 0 amide bonds. The van der Waals surface area contributed by atoms with Crippen LogP contribution in [0.15, 0.2) is 24.5 Å². The standard InChI is InChI=1S/C20H24N4O2/c1-2-21-8-17-15(1)16(22-11-19-4-13(5-19)9-25-19)3-18(24-17)23-12-20-6-14(7-20)10-26-20/h1-3,8,13-14H,4-7,9-12H2,(H2,22,23,24). The average molecular weight is 352 g/mol. The summed E-state index contributed by atoms with van der Waals surface area (Å²) in [6, 6.07) is 4.15. The van der Waals surface area contributed by atoms with Crippen molar-refractivity contribution in [3.8, 4) is 0 Å². The molecule has 4 aliphatic heterocycles. The molecule has 2 N–H and O–H groups in total. The zero-order chi connectivity index (χ0) is 17.2. The van der Waals surface area contributed by atoms with Gasteiger partial charge >= 0.3 is 0 Å². The van der Waals surface area contributed by atoms with Crippen molar-refractivity contribution in [2.45, 2.75) is 36.9 Å². The van der Waals surface area contributed by atoms with Crippen molar-refractivity contribution >= 4 is 22.4 Å². The van der Waals surface area contributed by atoms with E-state index < -0.39 is 0 Å². The van der Waals surface area contributed by atoms with Crippen molar-refractivity contribution in [2.24, 2.45) is 11.8 Å². The van der Waals surface area contributed by atoms with E-state index in [1.165, 1.54) is 25.7 Å². The van der Waals surface area contributed by atoms with E-state index in [-0.39, 0.29) is 11.2 Å². The highest BCUT2D eigenvalue weighted by molar-refractivity contribution is 5.92. The van der Waals surface area contributed by atoms with Crippen LogP contribution >= 0.6 is 0 Å². The molecule has 6 nitrogen and oxygen atoms in total. The van der Waals surface area contributed by atoms with E-state index in [9.17, 15) is 0 Å². The van der Waals surface area contributed by atoms with E-state index >= 15 is 0 Å². The molecule has 2 aromatic heterocycles. The molecule has 2 aromatic rings. The lowest BCUT2D eigenvalue weighted by Crippen LogP contribution is -2.43. The summed E-state index contributed by atoms with van der Waals surface area (Å²) >= 11 is 0. The fraction of sp³-hybridized carbons (Fsp3) is 0.600. The molecule has 8 rings (SSSR count). The van der Waals surface area contributed by atoms with Gasteiger partial charge in [-0.05, 0) is 43.6 Å². The minimum Gasteiger partial charge on any atom is -0.381 e. The van der Waals surface area contributed by atoms with E-state index in [0.29, 0.717) is 0 Å². The molecule has 4 bridgehead atoms. The van der Waals surface area contributed by atoms with Gasteiger partial charge in [-0.2, -0.15) is 0 Å². The van der Waals surface area contributed by atoms with Crippen molar-refractivity contribution in [3.05, 3.63) is 24.5 Å². The number of ether oxygens (including phenoxy) is 2. The average Bonchev–Trinajstić information content (AvgIpc) is 3.36. The third-order valence-electron chi connectivity index (χ3n) is 6.70. The number of aromatic nitrogens is 2. The van der Waals surface area contributed by atoms with Crippen molar-refractivity contribution in [3.63, 3.8) is 0 Å². The number of nitrogens with one attached hydrogen (secondary N) is 2. The van der Waals surface area contributed by atoms with Gasteiger partial charge in [-0.15, -0.1) is 0 Å². The fourth-order valence-corrected chi connectivity index (χ4v) is 5.26. The summed E-state index contributed by atoms with van der Waals surface area (Å²) in [5.41, 5.74) is 2.11. The second-order valence-electron chi connectivity index (χ2n) is 8.69. The summed E-state index contributed by atoms with van der Waals surface area (Å²) in [6.07, 6.45) is 8.40. The Balaban J connectivity index is 1.24. The number of hydrogen-bond donors (Lipinski definition) is 2. The maximum Gasteiger partial charge on any atom is 0.128 e. The Kier molecular flexibility index (Phi) is 3.09. The Hall–Kier alpha value is -1.92. The minimum atomic E-state index is 0.0431. The van der Waals surface area contributed by atoms with Gasteiger partial charge in [0.2, 0.25) is 0 Å². The third-order valence-corrected chi connectivity index (χ3v) is 6.70. The summed E-state index contributed by atoms with van der Waals surface area (Å²) in [4.78, 5) is 9.00. The quantitative estimate of drug-likeness (QED) is 0.833. The van der Waals surface area contributed by atoms with Gasteiger partial charge in [-0.1, -0.05) is 0 Å². The normalized spacial score (nSPS) is 36.6. The van der Waals surface area contributed by atoms with Gasteiger partial charge in [0.1, 0.15) is 5.82 Å². The molecule has 4 saturated heterocycles. The molecule has 6 heteroatoms. The van der Waals surface area contributed by atoms with Crippen LogP contribution < -0.4 is 10.6 Å². The van der Waals surface area contributed by atoms with Crippen LogP contribution in [-0.4, -0.2) is 47.5 Å². The first-order valence-corrected chi connectivity index (χ1v) is 9.72. The number of fused-ring (bicyclic) bond motifs is 3. The van der Waals surface area contributed by atoms with Gasteiger partial charge < -0.3 is 20.1 Å². The minimum absolute atomic E-state index is 0.0431. The molecular weight excluding hydrogens is 328 g/mol. The first kappa shape index (κ1) is 15.2. The number of nitrogens with zero attached hydrogens (tertiary/aromatic N) is 2. The van der Waals surface area contributed by atoms with Crippen LogP contribution in [0.4, 0.5) is 11.5 Å². The topological polar surface area (TPSA) is 68.3 Å².